The van der Waals surface area contributed by atoms with Crippen LogP contribution in [-0.4, -0.2) is 19.7 Å². The first-order valence-electron chi connectivity index (χ1n) is 5.58. The van der Waals surface area contributed by atoms with Crippen molar-refractivity contribution in [2.24, 2.45) is 7.05 Å². The minimum Gasteiger partial charge on any atom is -0.327 e. The van der Waals surface area contributed by atoms with Crippen molar-refractivity contribution in [1.29, 1.82) is 0 Å². The van der Waals surface area contributed by atoms with Crippen LogP contribution in [0, 0.1) is 6.92 Å². The summed E-state index contributed by atoms with van der Waals surface area (Å²) in [7, 11) is 1.97. The molecule has 0 bridgehead atoms. The number of fused-ring (bicyclic) bond motifs is 1. The summed E-state index contributed by atoms with van der Waals surface area (Å²) in [6.07, 6.45) is 0. The Bertz CT molecular complexity index is 733. The van der Waals surface area contributed by atoms with E-state index >= 15 is 0 Å². The molecule has 0 radical (unpaired) electrons. The average molecular weight is 259 g/mol. The lowest BCUT2D eigenvalue weighted by molar-refractivity contribution is 0.939. The number of halogens is 1. The van der Waals surface area contributed by atoms with Crippen LogP contribution in [-0.2, 0) is 7.05 Å². The fraction of sp³-hybridized carbons (Fsp3) is 0.154. The highest BCUT2D eigenvalue weighted by Crippen LogP contribution is 2.28. The second kappa shape index (κ2) is 4.07. The van der Waals surface area contributed by atoms with Gasteiger partial charge in [-0.05, 0) is 25.1 Å². The molecule has 0 saturated carbocycles. The van der Waals surface area contributed by atoms with Crippen LogP contribution < -0.4 is 0 Å². The molecule has 90 valence electrons. The minimum atomic E-state index is 0.374. The molecular formula is C13H11ClN4. The highest BCUT2D eigenvalue weighted by molar-refractivity contribution is 6.31. The van der Waals surface area contributed by atoms with Gasteiger partial charge in [-0.15, -0.1) is 5.10 Å². The molecule has 5 heteroatoms. The van der Waals surface area contributed by atoms with Crippen molar-refractivity contribution in [3.05, 3.63) is 41.2 Å². The Morgan fingerprint density at radius 1 is 1.17 bits per heavy atom. The molecule has 0 aliphatic carbocycles. The molecule has 3 aromatic rings. The molecule has 0 unspecified atom stereocenters. The maximum atomic E-state index is 6.10. The first kappa shape index (κ1) is 11.2. The Hall–Kier alpha value is -1.94. The maximum absolute atomic E-state index is 6.10. The lowest BCUT2D eigenvalue weighted by Crippen LogP contribution is -1.96. The monoisotopic (exact) mass is 258 g/mol. The van der Waals surface area contributed by atoms with Gasteiger partial charge in [-0.3, -0.25) is 0 Å². The molecule has 0 spiro atoms. The normalized spacial score (nSPS) is 11.1. The predicted octanol–water partition coefficient (Wildman–Crippen LogP) is 2.99. The Balaban J connectivity index is 2.31. The summed E-state index contributed by atoms with van der Waals surface area (Å²) >= 11 is 6.10. The van der Waals surface area contributed by atoms with Crippen molar-refractivity contribution in [2.75, 3.05) is 0 Å². The van der Waals surface area contributed by atoms with Crippen LogP contribution in [0.2, 0.25) is 5.15 Å². The summed E-state index contributed by atoms with van der Waals surface area (Å²) in [5, 5.41) is 8.23. The lowest BCUT2D eigenvalue weighted by Gasteiger charge is -2.04. The van der Waals surface area contributed by atoms with Gasteiger partial charge in [0.1, 0.15) is 5.82 Å². The van der Waals surface area contributed by atoms with Gasteiger partial charge in [0.2, 0.25) is 0 Å². The zero-order chi connectivity index (χ0) is 12.7. The number of hydrogen-bond acceptors (Lipinski definition) is 3. The molecule has 18 heavy (non-hydrogen) atoms. The van der Waals surface area contributed by atoms with E-state index in [9.17, 15) is 0 Å². The van der Waals surface area contributed by atoms with E-state index in [1.807, 2.05) is 48.9 Å². The Labute approximate surface area is 109 Å². The Morgan fingerprint density at radius 3 is 2.72 bits per heavy atom. The quantitative estimate of drug-likeness (QED) is 0.674. The number of hydrogen-bond donors (Lipinski definition) is 0. The molecule has 2 aromatic heterocycles. The summed E-state index contributed by atoms with van der Waals surface area (Å²) in [6.45, 7) is 1.88. The number of nitrogens with zero attached hydrogens (tertiary/aromatic N) is 4. The van der Waals surface area contributed by atoms with Gasteiger partial charge in [0, 0.05) is 7.05 Å². The molecular weight excluding hydrogens is 248 g/mol. The molecule has 0 N–H and O–H groups in total. The highest BCUT2D eigenvalue weighted by atomic mass is 35.5. The first-order chi connectivity index (χ1) is 8.66. The smallest absolute Gasteiger partial charge is 0.162 e. The number of aryl methyl sites for hydroxylation is 2. The van der Waals surface area contributed by atoms with Crippen molar-refractivity contribution in [3.63, 3.8) is 0 Å². The van der Waals surface area contributed by atoms with E-state index in [2.05, 4.69) is 15.2 Å². The van der Waals surface area contributed by atoms with Crippen LogP contribution in [0.3, 0.4) is 0 Å². The molecule has 3 rings (SSSR count). The van der Waals surface area contributed by atoms with Crippen molar-refractivity contribution in [2.45, 2.75) is 6.92 Å². The number of para-hydroxylation sites is 2. The van der Waals surface area contributed by atoms with Gasteiger partial charge in [0.15, 0.2) is 5.15 Å². The van der Waals surface area contributed by atoms with E-state index in [1.54, 1.807) is 0 Å². The van der Waals surface area contributed by atoms with Crippen molar-refractivity contribution >= 4 is 22.6 Å². The van der Waals surface area contributed by atoms with E-state index < -0.39 is 0 Å². The van der Waals surface area contributed by atoms with E-state index in [1.165, 1.54) is 0 Å². The van der Waals surface area contributed by atoms with Crippen molar-refractivity contribution < 1.29 is 0 Å². The second-order valence-corrected chi connectivity index (χ2v) is 4.53. The highest BCUT2D eigenvalue weighted by Gasteiger charge is 2.13. The third-order valence-electron chi connectivity index (χ3n) is 2.90. The second-order valence-electron chi connectivity index (χ2n) is 4.17. The lowest BCUT2D eigenvalue weighted by atomic mass is 10.2. The minimum absolute atomic E-state index is 0.374. The number of imidazole rings is 1. The van der Waals surface area contributed by atoms with Gasteiger partial charge < -0.3 is 4.57 Å². The number of aromatic nitrogens is 4. The van der Waals surface area contributed by atoms with Crippen LogP contribution in [0.25, 0.3) is 22.4 Å². The van der Waals surface area contributed by atoms with Crippen LogP contribution >= 0.6 is 11.6 Å². The molecule has 0 amide bonds. The summed E-state index contributed by atoms with van der Waals surface area (Å²) < 4.78 is 2.01. The summed E-state index contributed by atoms with van der Waals surface area (Å²) in [5.74, 6) is 0.805. The standard InChI is InChI=1S/C13H11ClN4/c1-8-7-9(12(14)17-16-8)13-15-10-5-3-4-6-11(10)18(13)2/h3-7H,1-2H3. The zero-order valence-corrected chi connectivity index (χ0v) is 10.8. The molecule has 0 atom stereocenters. The topological polar surface area (TPSA) is 43.6 Å². The van der Waals surface area contributed by atoms with Gasteiger partial charge in [-0.2, -0.15) is 5.10 Å². The first-order valence-corrected chi connectivity index (χ1v) is 5.96. The van der Waals surface area contributed by atoms with E-state index in [0.29, 0.717) is 5.15 Å². The molecule has 0 saturated heterocycles. The molecule has 0 aliphatic rings. The number of benzene rings is 1. The third kappa shape index (κ3) is 1.66. The van der Waals surface area contributed by atoms with Gasteiger partial charge >= 0.3 is 0 Å². The largest absolute Gasteiger partial charge is 0.327 e. The number of rotatable bonds is 1. The van der Waals surface area contributed by atoms with Gasteiger partial charge in [-0.1, -0.05) is 23.7 Å². The van der Waals surface area contributed by atoms with Crippen LogP contribution in [0.1, 0.15) is 5.69 Å². The van der Waals surface area contributed by atoms with E-state index in [-0.39, 0.29) is 0 Å². The van der Waals surface area contributed by atoms with E-state index in [0.717, 1.165) is 28.1 Å². The van der Waals surface area contributed by atoms with Gasteiger partial charge in [0.05, 0.1) is 22.3 Å². The molecule has 0 fully saturated rings. The summed E-state index contributed by atoms with van der Waals surface area (Å²) in [4.78, 5) is 4.60. The van der Waals surface area contributed by atoms with Gasteiger partial charge in [0.25, 0.3) is 0 Å². The third-order valence-corrected chi connectivity index (χ3v) is 3.18. The van der Waals surface area contributed by atoms with Gasteiger partial charge in [-0.25, -0.2) is 4.98 Å². The molecule has 0 aliphatic heterocycles. The average Bonchev–Trinajstić information content (AvgIpc) is 2.71. The Morgan fingerprint density at radius 2 is 1.94 bits per heavy atom. The van der Waals surface area contributed by atoms with Crippen LogP contribution in [0.4, 0.5) is 0 Å². The van der Waals surface area contributed by atoms with E-state index in [4.69, 9.17) is 11.6 Å². The van der Waals surface area contributed by atoms with Crippen LogP contribution in [0.15, 0.2) is 30.3 Å². The fourth-order valence-corrected chi connectivity index (χ4v) is 2.19. The SMILES string of the molecule is Cc1cc(-c2nc3ccccc3n2C)c(Cl)nn1. The molecule has 4 nitrogen and oxygen atoms in total. The zero-order valence-electron chi connectivity index (χ0n) is 10.1. The predicted molar refractivity (Wildman–Crippen MR) is 71.5 cm³/mol. The fourth-order valence-electron chi connectivity index (χ4n) is 2.02. The summed E-state index contributed by atoms with van der Waals surface area (Å²) in [6, 6.07) is 9.87. The van der Waals surface area contributed by atoms with Crippen LogP contribution in [0.5, 0.6) is 0 Å². The van der Waals surface area contributed by atoms with Crippen molar-refractivity contribution in [3.8, 4) is 11.4 Å². The summed E-state index contributed by atoms with van der Waals surface area (Å²) in [5.41, 5.74) is 3.64. The Kier molecular flexibility index (Phi) is 2.52. The molecule has 1 aromatic carbocycles. The maximum Gasteiger partial charge on any atom is 0.162 e. The van der Waals surface area contributed by atoms with Crippen molar-refractivity contribution in [1.82, 2.24) is 19.7 Å². The molecule has 2 heterocycles.